The molecular formula is C30H19F9O2. The Morgan fingerprint density at radius 1 is 0.707 bits per heavy atom. The van der Waals surface area contributed by atoms with Gasteiger partial charge in [0.15, 0.2) is 23.6 Å². The molecule has 0 unspecified atom stereocenters. The van der Waals surface area contributed by atoms with E-state index in [4.69, 9.17) is 0 Å². The average Bonchev–Trinajstić information content (AvgIpc) is 2.88. The van der Waals surface area contributed by atoms with E-state index in [1.165, 1.54) is 24.3 Å². The van der Waals surface area contributed by atoms with Crippen LogP contribution in [-0.2, 0) is 12.5 Å². The van der Waals surface area contributed by atoms with Gasteiger partial charge in [-0.1, -0.05) is 43.7 Å². The van der Waals surface area contributed by atoms with Gasteiger partial charge in [0.05, 0.1) is 5.56 Å². The maximum Gasteiger partial charge on any atom is 0.429 e. The zero-order chi connectivity index (χ0) is 29.9. The van der Waals surface area contributed by atoms with E-state index >= 15 is 0 Å². The summed E-state index contributed by atoms with van der Waals surface area (Å²) in [6.07, 6.45) is -5.63. The molecule has 0 atom stereocenters. The van der Waals surface area contributed by atoms with Crippen molar-refractivity contribution in [3.63, 3.8) is 0 Å². The third-order valence-corrected chi connectivity index (χ3v) is 5.93. The van der Waals surface area contributed by atoms with E-state index in [9.17, 15) is 39.5 Å². The van der Waals surface area contributed by atoms with Crippen LogP contribution in [0.2, 0.25) is 0 Å². The average molecular weight is 582 g/mol. The summed E-state index contributed by atoms with van der Waals surface area (Å²) in [4.78, 5) is 0. The lowest BCUT2D eigenvalue weighted by Gasteiger charge is -2.20. The molecule has 41 heavy (non-hydrogen) atoms. The fraction of sp³-hybridized carbons (Fsp3) is 0.133. The highest BCUT2D eigenvalue weighted by atomic mass is 19.3. The second-order valence-corrected chi connectivity index (χ2v) is 8.81. The number of hydrogen-bond acceptors (Lipinski definition) is 2. The van der Waals surface area contributed by atoms with Crippen molar-refractivity contribution in [3.05, 3.63) is 119 Å². The zero-order valence-electron chi connectivity index (χ0n) is 21.1. The summed E-state index contributed by atoms with van der Waals surface area (Å²) in [5.41, 5.74) is -0.485. The van der Waals surface area contributed by atoms with Gasteiger partial charge in [-0.05, 0) is 47.4 Å². The summed E-state index contributed by atoms with van der Waals surface area (Å²) in [5, 5.41) is 0. The standard InChI is InChI=1S/C30H19F9O2/c1-2-3-16-4-7-20(23(31)10-16)17-5-8-21(24(32)11-17)18-6-9-22(25(33)12-18)30(38,39)41-19-13-26(34)29(27(35)14-19)40-15-28(36)37/h4-15H,2-3H2,1H3. The third kappa shape index (κ3) is 6.67. The van der Waals surface area contributed by atoms with Gasteiger partial charge in [0.1, 0.15) is 23.2 Å². The Bertz CT molecular complexity index is 1590. The Morgan fingerprint density at radius 2 is 1.27 bits per heavy atom. The summed E-state index contributed by atoms with van der Waals surface area (Å²) in [6.45, 7) is 1.95. The molecule has 0 radical (unpaired) electrons. The minimum absolute atomic E-state index is 0.128. The first-order valence-corrected chi connectivity index (χ1v) is 12.0. The number of benzene rings is 4. The van der Waals surface area contributed by atoms with Crippen LogP contribution in [0.5, 0.6) is 11.5 Å². The Morgan fingerprint density at radius 3 is 1.80 bits per heavy atom. The Labute approximate surface area is 228 Å². The van der Waals surface area contributed by atoms with E-state index < -0.39 is 58.3 Å². The molecule has 0 aliphatic carbocycles. The first kappa shape index (κ1) is 29.6. The first-order chi connectivity index (χ1) is 19.4. The van der Waals surface area contributed by atoms with Gasteiger partial charge >= 0.3 is 12.2 Å². The SMILES string of the molecule is CCCc1ccc(-c2ccc(-c3ccc(C(F)(F)Oc4cc(F)c(OC=C(F)F)c(F)c4)c(F)c3)c(F)c2)c(F)c1. The van der Waals surface area contributed by atoms with E-state index in [0.29, 0.717) is 18.6 Å². The highest BCUT2D eigenvalue weighted by molar-refractivity contribution is 5.71. The van der Waals surface area contributed by atoms with Crippen molar-refractivity contribution in [1.82, 2.24) is 0 Å². The van der Waals surface area contributed by atoms with Crippen molar-refractivity contribution in [2.75, 3.05) is 0 Å². The number of aryl methyl sites for hydroxylation is 1. The van der Waals surface area contributed by atoms with Crippen LogP contribution in [0.1, 0.15) is 24.5 Å². The van der Waals surface area contributed by atoms with E-state index in [1.54, 1.807) is 6.07 Å². The molecule has 0 bridgehead atoms. The van der Waals surface area contributed by atoms with Crippen molar-refractivity contribution >= 4 is 0 Å². The monoisotopic (exact) mass is 582 g/mol. The number of ether oxygens (including phenoxy) is 2. The fourth-order valence-corrected chi connectivity index (χ4v) is 4.09. The summed E-state index contributed by atoms with van der Waals surface area (Å²) in [7, 11) is 0. The Kier molecular flexibility index (Phi) is 8.65. The van der Waals surface area contributed by atoms with Gasteiger partial charge in [0, 0.05) is 23.3 Å². The number of rotatable bonds is 9. The molecule has 4 rings (SSSR count). The highest BCUT2D eigenvalue weighted by Crippen LogP contribution is 2.38. The van der Waals surface area contributed by atoms with Gasteiger partial charge in [0.25, 0.3) is 0 Å². The van der Waals surface area contributed by atoms with E-state index in [-0.39, 0.29) is 40.6 Å². The minimum atomic E-state index is -4.46. The summed E-state index contributed by atoms with van der Waals surface area (Å²) >= 11 is 0. The van der Waals surface area contributed by atoms with Crippen molar-refractivity contribution in [3.8, 4) is 33.8 Å². The second kappa shape index (κ2) is 12.0. The van der Waals surface area contributed by atoms with Crippen LogP contribution in [0.15, 0.2) is 79.1 Å². The minimum Gasteiger partial charge on any atom is -0.453 e. The maximum atomic E-state index is 15.0. The Hall–Kier alpha value is -4.41. The van der Waals surface area contributed by atoms with E-state index in [2.05, 4.69) is 9.47 Å². The molecule has 4 aromatic rings. The topological polar surface area (TPSA) is 18.5 Å². The van der Waals surface area contributed by atoms with Crippen molar-refractivity contribution in [2.24, 2.45) is 0 Å². The third-order valence-electron chi connectivity index (χ3n) is 5.93. The molecule has 0 heterocycles. The maximum absolute atomic E-state index is 15.0. The smallest absolute Gasteiger partial charge is 0.429 e. The summed E-state index contributed by atoms with van der Waals surface area (Å²) in [5.74, 6) is -8.62. The van der Waals surface area contributed by atoms with Crippen LogP contribution in [0.25, 0.3) is 22.3 Å². The normalized spacial score (nSPS) is 11.4. The number of halogens is 9. The van der Waals surface area contributed by atoms with Crippen LogP contribution >= 0.6 is 0 Å². The largest absolute Gasteiger partial charge is 0.453 e. The number of hydrogen-bond donors (Lipinski definition) is 0. The van der Waals surface area contributed by atoms with Crippen LogP contribution in [0.3, 0.4) is 0 Å². The molecule has 0 amide bonds. The van der Waals surface area contributed by atoms with Crippen LogP contribution in [-0.4, -0.2) is 0 Å². The van der Waals surface area contributed by atoms with Crippen molar-refractivity contribution < 1.29 is 49.0 Å². The lowest BCUT2D eigenvalue weighted by atomic mass is 9.97. The predicted octanol–water partition coefficient (Wildman–Crippen LogP) is 9.91. The van der Waals surface area contributed by atoms with Crippen LogP contribution < -0.4 is 9.47 Å². The van der Waals surface area contributed by atoms with Crippen LogP contribution in [0.4, 0.5) is 39.5 Å². The first-order valence-electron chi connectivity index (χ1n) is 12.0. The van der Waals surface area contributed by atoms with E-state index in [1.807, 2.05) is 6.92 Å². The molecule has 11 heteroatoms. The molecule has 0 saturated heterocycles. The zero-order valence-corrected chi connectivity index (χ0v) is 21.1. The highest BCUT2D eigenvalue weighted by Gasteiger charge is 2.38. The van der Waals surface area contributed by atoms with Gasteiger partial charge in [-0.25, -0.2) is 22.0 Å². The second-order valence-electron chi connectivity index (χ2n) is 8.81. The molecule has 2 nitrogen and oxygen atoms in total. The molecule has 4 aromatic carbocycles. The quantitative estimate of drug-likeness (QED) is 0.145. The summed E-state index contributed by atoms with van der Waals surface area (Å²) in [6, 6.07) is 10.9. The molecule has 0 N–H and O–H groups in total. The molecular weight excluding hydrogens is 563 g/mol. The lowest BCUT2D eigenvalue weighted by molar-refractivity contribution is -0.187. The molecule has 0 saturated carbocycles. The van der Waals surface area contributed by atoms with Crippen LogP contribution in [0, 0.1) is 29.1 Å². The molecule has 214 valence electrons. The van der Waals surface area contributed by atoms with Gasteiger partial charge in [0.2, 0.25) is 0 Å². The molecule has 0 fully saturated rings. The van der Waals surface area contributed by atoms with Gasteiger partial charge in [-0.3, -0.25) is 0 Å². The summed E-state index contributed by atoms with van der Waals surface area (Å²) < 4.78 is 134. The number of alkyl halides is 2. The van der Waals surface area contributed by atoms with Crippen molar-refractivity contribution in [1.29, 1.82) is 0 Å². The predicted molar refractivity (Wildman–Crippen MR) is 133 cm³/mol. The molecule has 0 aliphatic rings. The van der Waals surface area contributed by atoms with Gasteiger partial charge in [-0.2, -0.15) is 17.6 Å². The van der Waals surface area contributed by atoms with E-state index in [0.717, 1.165) is 24.1 Å². The molecule has 0 aromatic heterocycles. The lowest BCUT2D eigenvalue weighted by Crippen LogP contribution is -2.23. The molecule has 0 spiro atoms. The van der Waals surface area contributed by atoms with Crippen molar-refractivity contribution in [2.45, 2.75) is 25.9 Å². The Balaban J connectivity index is 1.57. The molecule has 0 aliphatic heterocycles. The van der Waals surface area contributed by atoms with Gasteiger partial charge in [-0.15, -0.1) is 0 Å². The van der Waals surface area contributed by atoms with Gasteiger partial charge < -0.3 is 9.47 Å². The fourth-order valence-electron chi connectivity index (χ4n) is 4.09.